The van der Waals surface area contributed by atoms with Crippen LogP contribution in [0.2, 0.25) is 0 Å². The molecule has 1 aromatic heterocycles. The Bertz CT molecular complexity index is 532. The third kappa shape index (κ3) is 2.42. The van der Waals surface area contributed by atoms with Gasteiger partial charge in [0.25, 0.3) is 0 Å². The summed E-state index contributed by atoms with van der Waals surface area (Å²) < 4.78 is 6.74. The number of morpholine rings is 1. The summed E-state index contributed by atoms with van der Waals surface area (Å²) in [5.41, 5.74) is 8.36. The topological polar surface area (TPSA) is 38.5 Å². The van der Waals surface area contributed by atoms with Crippen LogP contribution in [-0.2, 0) is 17.8 Å². The molecule has 3 rings (SSSR count). The summed E-state index contributed by atoms with van der Waals surface area (Å²) in [5.74, 6) is 0. The second kappa shape index (κ2) is 5.36. The van der Waals surface area contributed by atoms with Crippen LogP contribution in [0.3, 0.4) is 0 Å². The van der Waals surface area contributed by atoms with Gasteiger partial charge in [0.2, 0.25) is 0 Å². The van der Waals surface area contributed by atoms with E-state index in [1.54, 1.807) is 0 Å². The van der Waals surface area contributed by atoms with Crippen LogP contribution < -0.4 is 5.73 Å². The standard InChI is InChI=1S/C14H18N2OS/c15-8-11-1-2-14-13(7-11)12(10-18-14)9-16-3-5-17-6-4-16/h1-2,7,10H,3-6,8-9,15H2. The van der Waals surface area contributed by atoms with E-state index < -0.39 is 0 Å². The van der Waals surface area contributed by atoms with Crippen LogP contribution in [0.5, 0.6) is 0 Å². The maximum absolute atomic E-state index is 5.72. The molecule has 0 saturated carbocycles. The summed E-state index contributed by atoms with van der Waals surface area (Å²) in [6.07, 6.45) is 0. The molecule has 18 heavy (non-hydrogen) atoms. The van der Waals surface area contributed by atoms with Crippen molar-refractivity contribution in [3.63, 3.8) is 0 Å². The zero-order valence-corrected chi connectivity index (χ0v) is 11.2. The molecule has 0 bridgehead atoms. The van der Waals surface area contributed by atoms with Gasteiger partial charge in [0.05, 0.1) is 13.2 Å². The molecular formula is C14H18N2OS. The average Bonchev–Trinajstić information content (AvgIpc) is 2.82. The van der Waals surface area contributed by atoms with Crippen LogP contribution in [0.4, 0.5) is 0 Å². The van der Waals surface area contributed by atoms with E-state index in [-0.39, 0.29) is 0 Å². The zero-order valence-electron chi connectivity index (χ0n) is 10.4. The molecule has 1 fully saturated rings. The molecule has 0 atom stereocenters. The Labute approximate surface area is 111 Å². The number of hydrogen-bond acceptors (Lipinski definition) is 4. The van der Waals surface area contributed by atoms with E-state index in [9.17, 15) is 0 Å². The predicted octanol–water partition coefficient (Wildman–Crippen LogP) is 2.19. The van der Waals surface area contributed by atoms with Crippen LogP contribution in [0.25, 0.3) is 10.1 Å². The summed E-state index contributed by atoms with van der Waals surface area (Å²) in [6.45, 7) is 5.42. The lowest BCUT2D eigenvalue weighted by Crippen LogP contribution is -2.35. The second-order valence-electron chi connectivity index (χ2n) is 4.68. The number of rotatable bonds is 3. The van der Waals surface area contributed by atoms with Gasteiger partial charge < -0.3 is 10.5 Å². The summed E-state index contributed by atoms with van der Waals surface area (Å²) in [5, 5.41) is 3.65. The first-order valence-electron chi connectivity index (χ1n) is 6.36. The van der Waals surface area contributed by atoms with Crippen molar-refractivity contribution in [2.24, 2.45) is 5.73 Å². The van der Waals surface area contributed by atoms with E-state index in [0.29, 0.717) is 6.54 Å². The molecule has 1 aliphatic heterocycles. The van der Waals surface area contributed by atoms with Crippen molar-refractivity contribution in [1.29, 1.82) is 0 Å². The van der Waals surface area contributed by atoms with E-state index in [1.165, 1.54) is 21.2 Å². The summed E-state index contributed by atoms with van der Waals surface area (Å²) in [6, 6.07) is 6.55. The molecule has 3 nitrogen and oxygen atoms in total. The molecule has 1 aliphatic rings. The van der Waals surface area contributed by atoms with E-state index in [2.05, 4.69) is 28.5 Å². The van der Waals surface area contributed by atoms with Crippen molar-refractivity contribution in [3.8, 4) is 0 Å². The van der Waals surface area contributed by atoms with Crippen molar-refractivity contribution >= 4 is 21.4 Å². The van der Waals surface area contributed by atoms with Crippen LogP contribution in [-0.4, -0.2) is 31.2 Å². The molecule has 2 aromatic rings. The summed E-state index contributed by atoms with van der Waals surface area (Å²) >= 11 is 1.82. The smallest absolute Gasteiger partial charge is 0.0594 e. The molecule has 2 heterocycles. The van der Waals surface area contributed by atoms with Crippen LogP contribution >= 0.6 is 11.3 Å². The number of thiophene rings is 1. The number of hydrogen-bond donors (Lipinski definition) is 1. The monoisotopic (exact) mass is 262 g/mol. The van der Waals surface area contributed by atoms with Crippen molar-refractivity contribution in [2.75, 3.05) is 26.3 Å². The molecule has 0 spiro atoms. The molecule has 0 amide bonds. The molecule has 0 radical (unpaired) electrons. The molecule has 1 aromatic carbocycles. The first kappa shape index (κ1) is 12.1. The van der Waals surface area contributed by atoms with Gasteiger partial charge in [0.15, 0.2) is 0 Å². The minimum atomic E-state index is 0.614. The molecule has 2 N–H and O–H groups in total. The third-order valence-corrected chi connectivity index (χ3v) is 4.46. The highest BCUT2D eigenvalue weighted by Crippen LogP contribution is 2.28. The van der Waals surface area contributed by atoms with Gasteiger partial charge in [-0.05, 0) is 34.0 Å². The van der Waals surface area contributed by atoms with Gasteiger partial charge in [-0.25, -0.2) is 0 Å². The highest BCUT2D eigenvalue weighted by atomic mass is 32.1. The fourth-order valence-corrected chi connectivity index (χ4v) is 3.31. The van der Waals surface area contributed by atoms with Gasteiger partial charge >= 0.3 is 0 Å². The van der Waals surface area contributed by atoms with Crippen LogP contribution in [0, 0.1) is 0 Å². The molecule has 96 valence electrons. The van der Waals surface area contributed by atoms with Crippen molar-refractivity contribution < 1.29 is 4.74 Å². The highest BCUT2D eigenvalue weighted by Gasteiger charge is 2.13. The fourth-order valence-electron chi connectivity index (χ4n) is 2.38. The predicted molar refractivity (Wildman–Crippen MR) is 75.8 cm³/mol. The Morgan fingerprint density at radius 1 is 1.28 bits per heavy atom. The van der Waals surface area contributed by atoms with Crippen molar-refractivity contribution in [1.82, 2.24) is 4.90 Å². The number of fused-ring (bicyclic) bond motifs is 1. The normalized spacial score (nSPS) is 17.4. The zero-order chi connectivity index (χ0) is 12.4. The Morgan fingerprint density at radius 3 is 2.89 bits per heavy atom. The number of benzene rings is 1. The lowest BCUT2D eigenvalue weighted by Gasteiger charge is -2.26. The van der Waals surface area contributed by atoms with Crippen LogP contribution in [0.1, 0.15) is 11.1 Å². The molecule has 1 saturated heterocycles. The van der Waals surface area contributed by atoms with E-state index in [1.807, 2.05) is 11.3 Å². The number of nitrogens with two attached hydrogens (primary N) is 1. The van der Waals surface area contributed by atoms with Crippen LogP contribution in [0.15, 0.2) is 23.6 Å². The Morgan fingerprint density at radius 2 is 2.11 bits per heavy atom. The minimum Gasteiger partial charge on any atom is -0.379 e. The minimum absolute atomic E-state index is 0.614. The van der Waals surface area contributed by atoms with Crippen molar-refractivity contribution in [3.05, 3.63) is 34.7 Å². The first-order chi connectivity index (χ1) is 8.86. The van der Waals surface area contributed by atoms with Gasteiger partial charge in [-0.2, -0.15) is 0 Å². The average molecular weight is 262 g/mol. The first-order valence-corrected chi connectivity index (χ1v) is 7.24. The molecule has 0 aliphatic carbocycles. The number of ether oxygens (including phenoxy) is 1. The number of nitrogens with zero attached hydrogens (tertiary/aromatic N) is 1. The molecular weight excluding hydrogens is 244 g/mol. The van der Waals surface area contributed by atoms with E-state index >= 15 is 0 Å². The lowest BCUT2D eigenvalue weighted by atomic mass is 10.1. The Hall–Kier alpha value is -0.940. The SMILES string of the molecule is NCc1ccc2scc(CN3CCOCC3)c2c1. The van der Waals surface area contributed by atoms with Gasteiger partial charge in [-0.15, -0.1) is 11.3 Å². The molecule has 0 unspecified atom stereocenters. The quantitative estimate of drug-likeness (QED) is 0.921. The second-order valence-corrected chi connectivity index (χ2v) is 5.60. The maximum Gasteiger partial charge on any atom is 0.0594 e. The van der Waals surface area contributed by atoms with Gasteiger partial charge in [-0.3, -0.25) is 4.90 Å². The highest BCUT2D eigenvalue weighted by molar-refractivity contribution is 7.17. The lowest BCUT2D eigenvalue weighted by molar-refractivity contribution is 0.0344. The van der Waals surface area contributed by atoms with E-state index in [4.69, 9.17) is 10.5 Å². The van der Waals surface area contributed by atoms with Crippen molar-refractivity contribution in [2.45, 2.75) is 13.1 Å². The van der Waals surface area contributed by atoms with Gasteiger partial charge in [0.1, 0.15) is 0 Å². The van der Waals surface area contributed by atoms with Gasteiger partial charge in [0, 0.05) is 30.9 Å². The van der Waals surface area contributed by atoms with E-state index in [0.717, 1.165) is 32.8 Å². The summed E-state index contributed by atoms with van der Waals surface area (Å²) in [4.78, 5) is 2.46. The third-order valence-electron chi connectivity index (χ3n) is 3.45. The maximum atomic E-state index is 5.72. The molecule has 4 heteroatoms. The Kier molecular flexibility index (Phi) is 3.61. The summed E-state index contributed by atoms with van der Waals surface area (Å²) in [7, 11) is 0. The largest absolute Gasteiger partial charge is 0.379 e. The van der Waals surface area contributed by atoms with Gasteiger partial charge in [-0.1, -0.05) is 6.07 Å². The Balaban J connectivity index is 1.86. The fraction of sp³-hybridized carbons (Fsp3) is 0.429.